The Labute approximate surface area is 139 Å². The molecule has 6 nitrogen and oxygen atoms in total. The molecule has 0 saturated carbocycles. The first-order valence-electron chi connectivity index (χ1n) is 7.68. The molecule has 23 heavy (non-hydrogen) atoms. The number of rotatable bonds is 6. The predicted octanol–water partition coefficient (Wildman–Crippen LogP) is 3.18. The van der Waals surface area contributed by atoms with E-state index < -0.39 is 0 Å². The number of aryl methyl sites for hydroxylation is 2. The quantitative estimate of drug-likeness (QED) is 0.650. The average Bonchev–Trinajstić information content (AvgIpc) is 3.17. The van der Waals surface area contributed by atoms with Gasteiger partial charge in [0.25, 0.3) is 0 Å². The lowest BCUT2D eigenvalue weighted by Gasteiger charge is -2.12. The maximum absolute atomic E-state index is 4.49. The van der Waals surface area contributed by atoms with Gasteiger partial charge in [0, 0.05) is 18.9 Å². The van der Waals surface area contributed by atoms with Crippen molar-refractivity contribution in [2.45, 2.75) is 44.6 Å². The van der Waals surface area contributed by atoms with Crippen LogP contribution in [0.15, 0.2) is 35.7 Å². The Morgan fingerprint density at radius 1 is 1.22 bits per heavy atom. The minimum Gasteiger partial charge on any atom is -0.295 e. The normalized spacial score (nSPS) is 11.1. The summed E-state index contributed by atoms with van der Waals surface area (Å²) < 4.78 is 3.99. The summed E-state index contributed by atoms with van der Waals surface area (Å²) in [5.74, 6) is 1.59. The van der Waals surface area contributed by atoms with Crippen molar-refractivity contribution in [3.05, 3.63) is 47.5 Å². The molecule has 0 N–H and O–H groups in total. The van der Waals surface area contributed by atoms with Crippen LogP contribution in [0.2, 0.25) is 0 Å². The summed E-state index contributed by atoms with van der Waals surface area (Å²) in [6, 6.07) is 6.32. The fraction of sp³-hybridized carbons (Fsp3) is 0.375. The molecule has 2 heterocycles. The SMILES string of the molecule is CCCn1nnnc1CSc1nccn1-c1cccc(C)c1C. The Morgan fingerprint density at radius 3 is 2.91 bits per heavy atom. The van der Waals surface area contributed by atoms with E-state index in [2.05, 4.69) is 64.0 Å². The van der Waals surface area contributed by atoms with Gasteiger partial charge in [-0.2, -0.15) is 0 Å². The standard InChI is InChI=1S/C16H20N6S/c1-4-9-22-15(18-19-20-22)11-23-16-17-8-10-21(16)14-7-5-6-12(2)13(14)3/h5-8,10H,4,9,11H2,1-3H3. The number of imidazole rings is 1. The molecular weight excluding hydrogens is 308 g/mol. The van der Waals surface area contributed by atoms with Gasteiger partial charge in [0.1, 0.15) is 0 Å². The second-order valence-corrected chi connectivity index (χ2v) is 6.35. The summed E-state index contributed by atoms with van der Waals surface area (Å²) >= 11 is 1.65. The van der Waals surface area contributed by atoms with Gasteiger partial charge in [0.15, 0.2) is 11.0 Å². The highest BCUT2D eigenvalue weighted by Crippen LogP contribution is 2.26. The third kappa shape index (κ3) is 3.29. The highest BCUT2D eigenvalue weighted by atomic mass is 32.2. The number of hydrogen-bond acceptors (Lipinski definition) is 5. The lowest BCUT2D eigenvalue weighted by molar-refractivity contribution is 0.564. The maximum Gasteiger partial charge on any atom is 0.173 e. The van der Waals surface area contributed by atoms with Crippen molar-refractivity contribution >= 4 is 11.8 Å². The first-order chi connectivity index (χ1) is 11.2. The number of aromatic nitrogens is 6. The van der Waals surface area contributed by atoms with Crippen LogP contribution in [0.4, 0.5) is 0 Å². The second kappa shape index (κ2) is 6.95. The van der Waals surface area contributed by atoms with Crippen LogP contribution in [0, 0.1) is 13.8 Å². The second-order valence-electron chi connectivity index (χ2n) is 5.41. The summed E-state index contributed by atoms with van der Waals surface area (Å²) in [5, 5.41) is 12.9. The van der Waals surface area contributed by atoms with Gasteiger partial charge >= 0.3 is 0 Å². The zero-order valence-electron chi connectivity index (χ0n) is 13.6. The third-order valence-corrected chi connectivity index (χ3v) is 4.78. The molecule has 0 saturated heterocycles. The molecule has 0 spiro atoms. The van der Waals surface area contributed by atoms with Gasteiger partial charge in [0.2, 0.25) is 0 Å². The van der Waals surface area contributed by atoms with Crippen molar-refractivity contribution in [3.63, 3.8) is 0 Å². The van der Waals surface area contributed by atoms with Crippen LogP contribution in [0.1, 0.15) is 30.3 Å². The summed E-state index contributed by atoms with van der Waals surface area (Å²) in [7, 11) is 0. The Kier molecular flexibility index (Phi) is 4.76. The Morgan fingerprint density at radius 2 is 2.09 bits per heavy atom. The van der Waals surface area contributed by atoms with Crippen LogP contribution in [0.5, 0.6) is 0 Å². The van der Waals surface area contributed by atoms with Crippen molar-refractivity contribution < 1.29 is 0 Å². The topological polar surface area (TPSA) is 61.4 Å². The minimum absolute atomic E-state index is 0.703. The minimum atomic E-state index is 0.703. The molecule has 0 radical (unpaired) electrons. The van der Waals surface area contributed by atoms with Gasteiger partial charge in [0.05, 0.1) is 11.4 Å². The zero-order valence-corrected chi connectivity index (χ0v) is 14.4. The van der Waals surface area contributed by atoms with E-state index in [1.54, 1.807) is 11.8 Å². The van der Waals surface area contributed by atoms with Gasteiger partial charge in [-0.25, -0.2) is 9.67 Å². The first-order valence-corrected chi connectivity index (χ1v) is 8.67. The van der Waals surface area contributed by atoms with Crippen LogP contribution in [-0.4, -0.2) is 29.8 Å². The molecule has 0 atom stereocenters. The van der Waals surface area contributed by atoms with E-state index in [-0.39, 0.29) is 0 Å². The highest BCUT2D eigenvalue weighted by Gasteiger charge is 2.12. The molecule has 0 aliphatic carbocycles. The van der Waals surface area contributed by atoms with Gasteiger partial charge in [-0.15, -0.1) is 5.10 Å². The van der Waals surface area contributed by atoms with Gasteiger partial charge < -0.3 is 0 Å². The molecule has 2 aromatic heterocycles. The number of tetrazole rings is 1. The summed E-state index contributed by atoms with van der Waals surface area (Å²) in [6.07, 6.45) is 4.85. The molecule has 0 aliphatic heterocycles. The van der Waals surface area contributed by atoms with Crippen molar-refractivity contribution in [2.75, 3.05) is 0 Å². The molecule has 0 fully saturated rings. The summed E-state index contributed by atoms with van der Waals surface area (Å²) in [6.45, 7) is 7.22. The first kappa shape index (κ1) is 15.7. The fourth-order valence-electron chi connectivity index (χ4n) is 2.42. The Bertz CT molecular complexity index is 791. The van der Waals surface area contributed by atoms with Gasteiger partial charge in [-0.1, -0.05) is 30.8 Å². The number of nitrogens with zero attached hydrogens (tertiary/aromatic N) is 6. The van der Waals surface area contributed by atoms with E-state index in [0.717, 1.165) is 29.6 Å². The number of thioether (sulfide) groups is 1. The van der Waals surface area contributed by atoms with Crippen molar-refractivity contribution in [1.82, 2.24) is 29.8 Å². The maximum atomic E-state index is 4.49. The average molecular weight is 328 g/mol. The van der Waals surface area contributed by atoms with Crippen molar-refractivity contribution in [1.29, 1.82) is 0 Å². The molecule has 1 aromatic carbocycles. The largest absolute Gasteiger partial charge is 0.295 e. The molecule has 7 heteroatoms. The van der Waals surface area contributed by atoms with Crippen LogP contribution in [0.3, 0.4) is 0 Å². The summed E-state index contributed by atoms with van der Waals surface area (Å²) in [5.41, 5.74) is 3.71. The molecular formula is C16H20N6S. The van der Waals surface area contributed by atoms with E-state index in [1.165, 1.54) is 11.1 Å². The predicted molar refractivity (Wildman–Crippen MR) is 90.7 cm³/mol. The Hall–Kier alpha value is -2.15. The monoisotopic (exact) mass is 328 g/mol. The van der Waals surface area contributed by atoms with E-state index in [4.69, 9.17) is 0 Å². The van der Waals surface area contributed by atoms with E-state index in [9.17, 15) is 0 Å². The van der Waals surface area contributed by atoms with E-state index in [1.807, 2.05) is 17.1 Å². The zero-order chi connectivity index (χ0) is 16.2. The molecule has 120 valence electrons. The van der Waals surface area contributed by atoms with Crippen molar-refractivity contribution in [2.24, 2.45) is 0 Å². The molecule has 0 aliphatic rings. The van der Waals surface area contributed by atoms with Crippen LogP contribution in [-0.2, 0) is 12.3 Å². The molecule has 3 aromatic rings. The summed E-state index contributed by atoms with van der Waals surface area (Å²) in [4.78, 5) is 4.49. The van der Waals surface area contributed by atoms with E-state index >= 15 is 0 Å². The lowest BCUT2D eigenvalue weighted by atomic mass is 10.1. The van der Waals surface area contributed by atoms with Crippen LogP contribution < -0.4 is 0 Å². The number of hydrogen-bond donors (Lipinski definition) is 0. The van der Waals surface area contributed by atoms with Gasteiger partial charge in [-0.3, -0.25) is 4.57 Å². The van der Waals surface area contributed by atoms with E-state index in [0.29, 0.717) is 5.75 Å². The lowest BCUT2D eigenvalue weighted by Crippen LogP contribution is -2.05. The third-order valence-electron chi connectivity index (χ3n) is 3.81. The Balaban J connectivity index is 1.82. The van der Waals surface area contributed by atoms with Crippen LogP contribution >= 0.6 is 11.8 Å². The van der Waals surface area contributed by atoms with Crippen LogP contribution in [0.25, 0.3) is 5.69 Å². The van der Waals surface area contributed by atoms with Crippen molar-refractivity contribution in [3.8, 4) is 5.69 Å². The highest BCUT2D eigenvalue weighted by molar-refractivity contribution is 7.98. The fourth-order valence-corrected chi connectivity index (χ4v) is 3.32. The molecule has 0 bridgehead atoms. The number of benzene rings is 1. The smallest absolute Gasteiger partial charge is 0.173 e. The molecule has 0 amide bonds. The molecule has 3 rings (SSSR count). The molecule has 0 unspecified atom stereocenters. The van der Waals surface area contributed by atoms with Gasteiger partial charge in [-0.05, 0) is 47.9 Å².